The number of hydrogen-bond donors (Lipinski definition) is 1. The molecule has 2 aromatic rings. The lowest BCUT2D eigenvalue weighted by atomic mass is 10.1. The van der Waals surface area contributed by atoms with E-state index in [0.29, 0.717) is 27.9 Å². The van der Waals surface area contributed by atoms with E-state index in [-0.39, 0.29) is 12.5 Å². The van der Waals surface area contributed by atoms with E-state index in [9.17, 15) is 4.79 Å². The van der Waals surface area contributed by atoms with Gasteiger partial charge in [0.1, 0.15) is 5.75 Å². The number of carbonyl (C=O) groups is 1. The van der Waals surface area contributed by atoms with Crippen molar-refractivity contribution in [3.8, 4) is 5.75 Å². The molecule has 4 nitrogen and oxygen atoms in total. The lowest BCUT2D eigenvalue weighted by Gasteiger charge is -2.08. The van der Waals surface area contributed by atoms with Crippen molar-refractivity contribution in [2.75, 3.05) is 6.61 Å². The van der Waals surface area contributed by atoms with Gasteiger partial charge in [0.15, 0.2) is 6.61 Å². The Kier molecular flexibility index (Phi) is 6.44. The summed E-state index contributed by atoms with van der Waals surface area (Å²) in [7, 11) is 0. The topological polar surface area (TPSA) is 50.7 Å². The fourth-order valence-electron chi connectivity index (χ4n) is 1.88. The summed E-state index contributed by atoms with van der Waals surface area (Å²) in [4.78, 5) is 11.8. The molecule has 2 rings (SSSR count). The highest BCUT2D eigenvalue weighted by Crippen LogP contribution is 2.22. The Hall–Kier alpha value is -2.04. The lowest BCUT2D eigenvalue weighted by molar-refractivity contribution is -0.123. The molecular formula is C17H16Cl2N2O2. The number of para-hydroxylation sites is 1. The maximum atomic E-state index is 11.8. The summed E-state index contributed by atoms with van der Waals surface area (Å²) in [5, 5.41) is 5.17. The van der Waals surface area contributed by atoms with Crippen LogP contribution in [0.1, 0.15) is 18.9 Å². The number of nitrogens with zero attached hydrogens (tertiary/aromatic N) is 1. The molecule has 0 aliphatic rings. The van der Waals surface area contributed by atoms with Crippen molar-refractivity contribution < 1.29 is 9.53 Å². The molecule has 0 spiro atoms. The average molecular weight is 351 g/mol. The third-order valence-corrected chi connectivity index (χ3v) is 3.55. The fraction of sp³-hybridized carbons (Fsp3) is 0.176. The number of hydrazone groups is 1. The molecule has 120 valence electrons. The van der Waals surface area contributed by atoms with Crippen LogP contribution in [0.3, 0.4) is 0 Å². The van der Waals surface area contributed by atoms with E-state index in [2.05, 4.69) is 10.5 Å². The van der Waals surface area contributed by atoms with Gasteiger partial charge in [-0.25, -0.2) is 5.43 Å². The molecule has 0 aromatic heterocycles. The van der Waals surface area contributed by atoms with Crippen LogP contribution in [-0.4, -0.2) is 18.2 Å². The standard InChI is InChI=1S/C17H16Cl2N2O2/c1-2-16(14-9-8-12(18)10-15(14)19)20-21-17(22)11-23-13-6-4-3-5-7-13/h3-10H,2,11H2,1H3,(H,21,22)/b20-16+. The third kappa shape index (κ3) is 5.27. The Bertz CT molecular complexity index is 703. The number of ether oxygens (including phenoxy) is 1. The largest absolute Gasteiger partial charge is 0.484 e. The van der Waals surface area contributed by atoms with Gasteiger partial charge < -0.3 is 4.74 Å². The summed E-state index contributed by atoms with van der Waals surface area (Å²) in [5.74, 6) is 0.285. The molecule has 23 heavy (non-hydrogen) atoms. The molecule has 0 radical (unpaired) electrons. The van der Waals surface area contributed by atoms with E-state index >= 15 is 0 Å². The first-order chi connectivity index (χ1) is 11.1. The van der Waals surface area contributed by atoms with Gasteiger partial charge in [0.05, 0.1) is 10.7 Å². The Morgan fingerprint density at radius 2 is 1.91 bits per heavy atom. The van der Waals surface area contributed by atoms with Crippen molar-refractivity contribution in [2.45, 2.75) is 13.3 Å². The van der Waals surface area contributed by atoms with Crippen LogP contribution in [0.5, 0.6) is 5.75 Å². The minimum atomic E-state index is -0.343. The summed E-state index contributed by atoms with van der Waals surface area (Å²) < 4.78 is 5.35. The second-order valence-electron chi connectivity index (χ2n) is 4.67. The number of benzene rings is 2. The Morgan fingerprint density at radius 3 is 2.57 bits per heavy atom. The van der Waals surface area contributed by atoms with Gasteiger partial charge in [-0.2, -0.15) is 5.10 Å². The summed E-state index contributed by atoms with van der Waals surface area (Å²) in [6.45, 7) is 1.81. The monoisotopic (exact) mass is 350 g/mol. The van der Waals surface area contributed by atoms with Crippen molar-refractivity contribution in [3.05, 3.63) is 64.1 Å². The SMILES string of the molecule is CC/C(=N\NC(=O)COc1ccccc1)c1ccc(Cl)cc1Cl. The second kappa shape index (κ2) is 8.56. The molecule has 2 aromatic carbocycles. The zero-order valence-corrected chi connectivity index (χ0v) is 14.1. The number of carbonyl (C=O) groups excluding carboxylic acids is 1. The minimum Gasteiger partial charge on any atom is -0.484 e. The number of nitrogens with one attached hydrogen (secondary N) is 1. The van der Waals surface area contributed by atoms with Crippen molar-refractivity contribution in [1.29, 1.82) is 0 Å². The first-order valence-electron chi connectivity index (χ1n) is 7.09. The van der Waals surface area contributed by atoms with Crippen LogP contribution in [0.2, 0.25) is 10.0 Å². The van der Waals surface area contributed by atoms with Gasteiger partial charge in [-0.1, -0.05) is 54.4 Å². The van der Waals surface area contributed by atoms with Gasteiger partial charge in [0.25, 0.3) is 5.91 Å². The van der Waals surface area contributed by atoms with Gasteiger partial charge >= 0.3 is 0 Å². The highest BCUT2D eigenvalue weighted by atomic mass is 35.5. The molecule has 0 unspecified atom stereocenters. The van der Waals surface area contributed by atoms with Crippen LogP contribution >= 0.6 is 23.2 Å². The van der Waals surface area contributed by atoms with Gasteiger partial charge in [0, 0.05) is 10.6 Å². The molecule has 0 fully saturated rings. The van der Waals surface area contributed by atoms with Gasteiger partial charge in [-0.3, -0.25) is 4.79 Å². The van der Waals surface area contributed by atoms with Crippen LogP contribution in [0.15, 0.2) is 53.6 Å². The van der Waals surface area contributed by atoms with Gasteiger partial charge in [0.2, 0.25) is 0 Å². The number of halogens is 2. The second-order valence-corrected chi connectivity index (χ2v) is 5.52. The highest BCUT2D eigenvalue weighted by molar-refractivity contribution is 6.37. The Labute approximate surface area is 145 Å². The highest BCUT2D eigenvalue weighted by Gasteiger charge is 2.08. The predicted octanol–water partition coefficient (Wildman–Crippen LogP) is 4.30. The molecule has 0 atom stereocenters. The van der Waals surface area contributed by atoms with E-state index in [1.165, 1.54) is 0 Å². The van der Waals surface area contributed by atoms with E-state index in [1.807, 2.05) is 25.1 Å². The van der Waals surface area contributed by atoms with E-state index < -0.39 is 0 Å². The average Bonchev–Trinajstić information content (AvgIpc) is 2.56. The maximum absolute atomic E-state index is 11.8. The van der Waals surface area contributed by atoms with Crippen molar-refractivity contribution in [1.82, 2.24) is 5.43 Å². The normalized spacial score (nSPS) is 11.2. The zero-order chi connectivity index (χ0) is 16.7. The first-order valence-corrected chi connectivity index (χ1v) is 7.84. The molecule has 0 bridgehead atoms. The van der Waals surface area contributed by atoms with Crippen LogP contribution in [-0.2, 0) is 4.79 Å². The molecule has 0 saturated heterocycles. The summed E-state index contributed by atoms with van der Waals surface area (Å²) >= 11 is 12.0. The molecule has 0 heterocycles. The number of rotatable bonds is 6. The maximum Gasteiger partial charge on any atom is 0.277 e. The minimum absolute atomic E-state index is 0.112. The third-order valence-electron chi connectivity index (χ3n) is 3.01. The van der Waals surface area contributed by atoms with E-state index in [0.717, 1.165) is 5.56 Å². The summed E-state index contributed by atoms with van der Waals surface area (Å²) in [6, 6.07) is 14.3. The Morgan fingerprint density at radius 1 is 1.17 bits per heavy atom. The Balaban J connectivity index is 1.97. The van der Waals surface area contributed by atoms with Gasteiger partial charge in [-0.05, 0) is 30.7 Å². The molecule has 1 amide bonds. The fourth-order valence-corrected chi connectivity index (χ4v) is 2.40. The quantitative estimate of drug-likeness (QED) is 0.623. The van der Waals surface area contributed by atoms with Crippen LogP contribution in [0.4, 0.5) is 0 Å². The van der Waals surface area contributed by atoms with Crippen molar-refractivity contribution in [2.24, 2.45) is 5.10 Å². The van der Waals surface area contributed by atoms with Crippen molar-refractivity contribution in [3.63, 3.8) is 0 Å². The van der Waals surface area contributed by atoms with Crippen molar-refractivity contribution >= 4 is 34.8 Å². The van der Waals surface area contributed by atoms with Crippen LogP contribution in [0, 0.1) is 0 Å². The predicted molar refractivity (Wildman–Crippen MR) is 93.4 cm³/mol. The summed E-state index contributed by atoms with van der Waals surface area (Å²) in [5.41, 5.74) is 3.88. The summed E-state index contributed by atoms with van der Waals surface area (Å²) in [6.07, 6.45) is 0.612. The van der Waals surface area contributed by atoms with Crippen LogP contribution in [0.25, 0.3) is 0 Å². The molecule has 0 aliphatic heterocycles. The van der Waals surface area contributed by atoms with E-state index in [4.69, 9.17) is 27.9 Å². The number of hydrogen-bond acceptors (Lipinski definition) is 3. The molecule has 1 N–H and O–H groups in total. The zero-order valence-electron chi connectivity index (χ0n) is 12.6. The van der Waals surface area contributed by atoms with Crippen LogP contribution < -0.4 is 10.2 Å². The van der Waals surface area contributed by atoms with Gasteiger partial charge in [-0.15, -0.1) is 0 Å². The molecule has 6 heteroatoms. The smallest absolute Gasteiger partial charge is 0.277 e. The lowest BCUT2D eigenvalue weighted by Crippen LogP contribution is -2.26. The molecular weight excluding hydrogens is 335 g/mol. The molecule has 0 aliphatic carbocycles. The van der Waals surface area contributed by atoms with E-state index in [1.54, 1.807) is 30.3 Å². The molecule has 0 saturated carbocycles. The number of amides is 1. The first kappa shape index (κ1) is 17.3.